The topological polar surface area (TPSA) is 8.17 Å². The van der Waals surface area contributed by atoms with Crippen LogP contribution in [0.5, 0.6) is 0 Å². The van der Waals surface area contributed by atoms with Crippen molar-refractivity contribution in [2.24, 2.45) is 0 Å². The van der Waals surface area contributed by atoms with Crippen LogP contribution >= 0.6 is 0 Å². The summed E-state index contributed by atoms with van der Waals surface area (Å²) in [6.45, 7) is 6.70. The van der Waals surface area contributed by atoms with Crippen molar-refractivity contribution in [3.05, 3.63) is 36.5 Å². The molecule has 1 aromatic heterocycles. The van der Waals surface area contributed by atoms with Gasteiger partial charge in [-0.15, -0.1) is 0 Å². The molecule has 0 N–H and O–H groups in total. The number of hydrogen-bond donors (Lipinski definition) is 0. The molecule has 0 amide bonds. The first-order chi connectivity index (χ1) is 7.86. The Morgan fingerprint density at radius 3 is 2.38 bits per heavy atom. The molecule has 0 bridgehead atoms. The van der Waals surface area contributed by atoms with Crippen molar-refractivity contribution in [1.29, 1.82) is 0 Å². The molecule has 16 heavy (non-hydrogen) atoms. The molecule has 0 saturated carbocycles. The number of para-hydroxylation sites is 1. The van der Waals surface area contributed by atoms with Gasteiger partial charge < -0.3 is 5.01 Å². The Kier molecular flexibility index (Phi) is 3.50. The van der Waals surface area contributed by atoms with Gasteiger partial charge in [0.2, 0.25) is 0 Å². The fourth-order valence-corrected chi connectivity index (χ4v) is 2.16. The Morgan fingerprint density at radius 2 is 1.69 bits per heavy atom. The minimum atomic E-state index is 1.12. The highest BCUT2D eigenvalue weighted by molar-refractivity contribution is 5.80. The molecule has 2 nitrogen and oxygen atoms in total. The van der Waals surface area contributed by atoms with E-state index in [1.165, 1.54) is 23.7 Å². The molecule has 0 aliphatic carbocycles. The lowest BCUT2D eigenvalue weighted by molar-refractivity contribution is 0.584. The van der Waals surface area contributed by atoms with Crippen molar-refractivity contribution in [1.82, 2.24) is 4.68 Å². The fourth-order valence-electron chi connectivity index (χ4n) is 2.16. The van der Waals surface area contributed by atoms with Gasteiger partial charge in [-0.25, -0.2) is 0 Å². The lowest BCUT2D eigenvalue weighted by Crippen LogP contribution is -2.35. The zero-order valence-corrected chi connectivity index (χ0v) is 10.2. The van der Waals surface area contributed by atoms with Crippen LogP contribution in [0.4, 0.5) is 0 Å². The quantitative estimate of drug-likeness (QED) is 0.743. The number of aromatic nitrogens is 1. The Hall–Kier alpha value is -1.44. The second kappa shape index (κ2) is 5.06. The van der Waals surface area contributed by atoms with Gasteiger partial charge in [0.1, 0.15) is 0 Å². The van der Waals surface area contributed by atoms with E-state index < -0.39 is 0 Å². The summed E-state index contributed by atoms with van der Waals surface area (Å²) in [7, 11) is 0. The zero-order chi connectivity index (χ0) is 11.4. The second-order valence-electron chi connectivity index (χ2n) is 4.17. The third-order valence-electron chi connectivity index (χ3n) is 2.85. The van der Waals surface area contributed by atoms with Gasteiger partial charge in [0.25, 0.3) is 0 Å². The molecule has 1 aromatic carbocycles. The number of fused-ring (bicyclic) bond motifs is 1. The predicted octanol–water partition coefficient (Wildman–Crippen LogP) is 3.40. The molecule has 0 aliphatic rings. The average molecular weight is 216 g/mol. The highest BCUT2D eigenvalue weighted by atomic mass is 15.5. The molecule has 1 heterocycles. The molecule has 0 atom stereocenters. The molecular formula is C14H20N2. The van der Waals surface area contributed by atoms with Crippen molar-refractivity contribution in [3.8, 4) is 0 Å². The normalized spacial score (nSPS) is 10.9. The average Bonchev–Trinajstić information content (AvgIpc) is 2.72. The minimum absolute atomic E-state index is 1.12. The Morgan fingerprint density at radius 1 is 1.00 bits per heavy atom. The van der Waals surface area contributed by atoms with Gasteiger partial charge in [-0.05, 0) is 25.0 Å². The van der Waals surface area contributed by atoms with Crippen LogP contribution in [0.15, 0.2) is 36.5 Å². The van der Waals surface area contributed by atoms with E-state index in [0.717, 1.165) is 13.1 Å². The van der Waals surface area contributed by atoms with Crippen LogP contribution in [-0.2, 0) is 0 Å². The summed E-state index contributed by atoms with van der Waals surface area (Å²) >= 11 is 0. The standard InChI is InChI=1S/C14H20N2/c1-3-10-15(11-4-2)16-12-9-13-7-5-6-8-14(13)16/h5-9,12H,3-4,10-11H2,1-2H3. The molecule has 0 aliphatic heterocycles. The first-order valence-electron chi connectivity index (χ1n) is 6.18. The van der Waals surface area contributed by atoms with E-state index >= 15 is 0 Å². The summed E-state index contributed by atoms with van der Waals surface area (Å²) in [5.41, 5.74) is 1.31. The van der Waals surface area contributed by atoms with Crippen LogP contribution in [-0.4, -0.2) is 17.8 Å². The lowest BCUT2D eigenvalue weighted by Gasteiger charge is -2.26. The van der Waals surface area contributed by atoms with Crippen LogP contribution in [0.2, 0.25) is 0 Å². The van der Waals surface area contributed by atoms with Crippen LogP contribution in [0, 0.1) is 0 Å². The van der Waals surface area contributed by atoms with Crippen molar-refractivity contribution < 1.29 is 0 Å². The van der Waals surface area contributed by atoms with Crippen molar-refractivity contribution in [3.63, 3.8) is 0 Å². The van der Waals surface area contributed by atoms with Crippen LogP contribution in [0.1, 0.15) is 26.7 Å². The number of nitrogens with zero attached hydrogens (tertiary/aromatic N) is 2. The highest BCUT2D eigenvalue weighted by Gasteiger charge is 2.06. The number of rotatable bonds is 5. The third kappa shape index (κ3) is 2.06. The smallest absolute Gasteiger partial charge is 0.0694 e. The van der Waals surface area contributed by atoms with Gasteiger partial charge in [0.05, 0.1) is 5.52 Å². The summed E-state index contributed by atoms with van der Waals surface area (Å²) in [6, 6.07) is 10.7. The molecular weight excluding hydrogens is 196 g/mol. The number of hydrogen-bond acceptors (Lipinski definition) is 1. The van der Waals surface area contributed by atoms with E-state index in [-0.39, 0.29) is 0 Å². The first kappa shape index (κ1) is 11.1. The first-order valence-corrected chi connectivity index (χ1v) is 6.18. The molecule has 0 unspecified atom stereocenters. The van der Waals surface area contributed by atoms with Gasteiger partial charge in [0.15, 0.2) is 0 Å². The van der Waals surface area contributed by atoms with Gasteiger partial charge in [-0.1, -0.05) is 32.0 Å². The van der Waals surface area contributed by atoms with Crippen molar-refractivity contribution in [2.45, 2.75) is 26.7 Å². The monoisotopic (exact) mass is 216 g/mol. The van der Waals surface area contributed by atoms with Crippen LogP contribution in [0.25, 0.3) is 10.9 Å². The maximum Gasteiger partial charge on any atom is 0.0694 e. The Balaban J connectivity index is 2.36. The van der Waals surface area contributed by atoms with Crippen LogP contribution in [0.3, 0.4) is 0 Å². The summed E-state index contributed by atoms with van der Waals surface area (Å²) < 4.78 is 2.29. The highest BCUT2D eigenvalue weighted by Crippen LogP contribution is 2.15. The van der Waals surface area contributed by atoms with E-state index in [1.807, 2.05) is 0 Å². The molecule has 0 radical (unpaired) electrons. The lowest BCUT2D eigenvalue weighted by atomic mass is 10.2. The van der Waals surface area contributed by atoms with Gasteiger partial charge in [-0.3, -0.25) is 4.68 Å². The fraction of sp³-hybridized carbons (Fsp3) is 0.429. The zero-order valence-electron chi connectivity index (χ0n) is 10.2. The molecule has 2 aromatic rings. The number of benzene rings is 1. The molecule has 86 valence electrons. The third-order valence-corrected chi connectivity index (χ3v) is 2.85. The van der Waals surface area contributed by atoms with Crippen LogP contribution < -0.4 is 5.01 Å². The summed E-state index contributed by atoms with van der Waals surface area (Å²) in [5.74, 6) is 0. The molecule has 0 fully saturated rings. The van der Waals surface area contributed by atoms with Gasteiger partial charge in [-0.2, -0.15) is 0 Å². The molecule has 2 rings (SSSR count). The molecule has 2 heteroatoms. The maximum absolute atomic E-state index is 2.42. The largest absolute Gasteiger partial charge is 0.313 e. The van der Waals surface area contributed by atoms with Crippen molar-refractivity contribution in [2.75, 3.05) is 18.1 Å². The summed E-state index contributed by atoms with van der Waals surface area (Å²) in [6.07, 6.45) is 4.55. The van der Waals surface area contributed by atoms with E-state index in [4.69, 9.17) is 0 Å². The SMILES string of the molecule is CCCN(CCC)n1ccc2ccccc21. The molecule has 0 saturated heterocycles. The Bertz CT molecular complexity index is 439. The van der Waals surface area contributed by atoms with Crippen molar-refractivity contribution >= 4 is 10.9 Å². The maximum atomic E-state index is 2.42. The minimum Gasteiger partial charge on any atom is -0.313 e. The summed E-state index contributed by atoms with van der Waals surface area (Å²) in [5, 5.41) is 3.74. The second-order valence-corrected chi connectivity index (χ2v) is 4.17. The summed E-state index contributed by atoms with van der Waals surface area (Å²) in [4.78, 5) is 0. The molecule has 0 spiro atoms. The Labute approximate surface area is 97.5 Å². The van der Waals surface area contributed by atoms with Gasteiger partial charge >= 0.3 is 0 Å². The van der Waals surface area contributed by atoms with E-state index in [9.17, 15) is 0 Å². The predicted molar refractivity (Wildman–Crippen MR) is 70.5 cm³/mol. The van der Waals surface area contributed by atoms with Gasteiger partial charge in [0, 0.05) is 24.7 Å². The van der Waals surface area contributed by atoms with E-state index in [0.29, 0.717) is 0 Å². The van der Waals surface area contributed by atoms with E-state index in [2.05, 4.69) is 60.1 Å². The van der Waals surface area contributed by atoms with E-state index in [1.54, 1.807) is 0 Å².